The van der Waals surface area contributed by atoms with Crippen LogP contribution in [0.4, 0.5) is 5.69 Å². The lowest BCUT2D eigenvalue weighted by Gasteiger charge is -2.23. The second-order valence-corrected chi connectivity index (χ2v) is 3.90. The lowest BCUT2D eigenvalue weighted by Crippen LogP contribution is -2.24. The summed E-state index contributed by atoms with van der Waals surface area (Å²) in [6, 6.07) is 8.08. The van der Waals surface area contributed by atoms with Gasteiger partial charge in [-0.15, -0.1) is 0 Å². The van der Waals surface area contributed by atoms with Crippen LogP contribution in [0, 0.1) is 0 Å². The minimum Gasteiger partial charge on any atom is -0.372 e. The molecule has 0 aliphatic heterocycles. The third-order valence-corrected chi connectivity index (χ3v) is 2.40. The van der Waals surface area contributed by atoms with Crippen molar-refractivity contribution in [1.82, 2.24) is 0 Å². The molecule has 1 nitrogen and oxygen atoms in total. The highest BCUT2D eigenvalue weighted by Crippen LogP contribution is 2.19. The first kappa shape index (κ1) is 11.4. The van der Waals surface area contributed by atoms with Crippen LogP contribution in [0.25, 0.3) is 0 Å². The topological polar surface area (TPSA) is 3.24 Å². The standard InChI is InChI=1S/C12H18ClN/c1-3-8-14(9-4-2)12-7-5-6-11(13)10-12/h5-7,10H,3-4,8-9H2,1-2H3. The van der Waals surface area contributed by atoms with E-state index in [2.05, 4.69) is 24.8 Å². The van der Waals surface area contributed by atoms with Gasteiger partial charge in [-0.3, -0.25) is 0 Å². The average Bonchev–Trinajstić information content (AvgIpc) is 2.17. The minimum absolute atomic E-state index is 0.819. The fraction of sp³-hybridized carbons (Fsp3) is 0.500. The summed E-state index contributed by atoms with van der Waals surface area (Å²) in [6.45, 7) is 6.61. The van der Waals surface area contributed by atoms with Crippen molar-refractivity contribution >= 4 is 17.3 Å². The Morgan fingerprint density at radius 3 is 2.29 bits per heavy atom. The highest BCUT2D eigenvalue weighted by Gasteiger charge is 2.03. The van der Waals surface area contributed by atoms with E-state index in [1.807, 2.05) is 18.2 Å². The molecular weight excluding hydrogens is 194 g/mol. The lowest BCUT2D eigenvalue weighted by atomic mass is 10.2. The summed E-state index contributed by atoms with van der Waals surface area (Å²) in [4.78, 5) is 2.38. The number of hydrogen-bond donors (Lipinski definition) is 0. The van der Waals surface area contributed by atoms with Gasteiger partial charge in [-0.25, -0.2) is 0 Å². The van der Waals surface area contributed by atoms with Gasteiger partial charge in [0.2, 0.25) is 0 Å². The summed E-state index contributed by atoms with van der Waals surface area (Å²) >= 11 is 5.96. The maximum Gasteiger partial charge on any atom is 0.0426 e. The molecule has 0 unspecified atom stereocenters. The molecule has 0 amide bonds. The number of nitrogens with zero attached hydrogens (tertiary/aromatic N) is 1. The van der Waals surface area contributed by atoms with Crippen molar-refractivity contribution < 1.29 is 0 Å². The molecule has 0 heterocycles. The highest BCUT2D eigenvalue weighted by molar-refractivity contribution is 6.30. The number of halogens is 1. The van der Waals surface area contributed by atoms with Crippen LogP contribution < -0.4 is 4.90 Å². The summed E-state index contributed by atoms with van der Waals surface area (Å²) in [7, 11) is 0. The van der Waals surface area contributed by atoms with Crippen molar-refractivity contribution in [2.24, 2.45) is 0 Å². The van der Waals surface area contributed by atoms with Crippen molar-refractivity contribution in [3.63, 3.8) is 0 Å². The fourth-order valence-electron chi connectivity index (χ4n) is 1.58. The van der Waals surface area contributed by atoms with Gasteiger partial charge in [0.15, 0.2) is 0 Å². The van der Waals surface area contributed by atoms with Gasteiger partial charge < -0.3 is 4.90 Å². The van der Waals surface area contributed by atoms with E-state index in [1.165, 1.54) is 18.5 Å². The van der Waals surface area contributed by atoms with E-state index in [9.17, 15) is 0 Å². The first-order chi connectivity index (χ1) is 6.77. The van der Waals surface area contributed by atoms with Gasteiger partial charge in [0.25, 0.3) is 0 Å². The Labute approximate surface area is 91.7 Å². The molecule has 0 spiro atoms. The van der Waals surface area contributed by atoms with Crippen LogP contribution in [0.2, 0.25) is 5.02 Å². The van der Waals surface area contributed by atoms with Gasteiger partial charge in [-0.05, 0) is 31.0 Å². The van der Waals surface area contributed by atoms with Crippen LogP contribution in [0.15, 0.2) is 24.3 Å². The van der Waals surface area contributed by atoms with Gasteiger partial charge in [0.05, 0.1) is 0 Å². The van der Waals surface area contributed by atoms with Gasteiger partial charge in [-0.1, -0.05) is 31.5 Å². The molecule has 0 bridgehead atoms. The molecule has 0 saturated heterocycles. The Bertz CT molecular complexity index is 267. The molecule has 0 aliphatic carbocycles. The van der Waals surface area contributed by atoms with Crippen LogP contribution in [0.1, 0.15) is 26.7 Å². The van der Waals surface area contributed by atoms with Crippen LogP contribution in [0.3, 0.4) is 0 Å². The lowest BCUT2D eigenvalue weighted by molar-refractivity contribution is 0.745. The molecule has 0 aromatic heterocycles. The average molecular weight is 212 g/mol. The molecule has 14 heavy (non-hydrogen) atoms. The summed E-state index contributed by atoms with van der Waals surface area (Å²) in [5.41, 5.74) is 1.24. The minimum atomic E-state index is 0.819. The number of benzene rings is 1. The fourth-order valence-corrected chi connectivity index (χ4v) is 1.77. The molecule has 1 aromatic carbocycles. The first-order valence-electron chi connectivity index (χ1n) is 5.28. The predicted octanol–water partition coefficient (Wildman–Crippen LogP) is 3.97. The number of hydrogen-bond acceptors (Lipinski definition) is 1. The van der Waals surface area contributed by atoms with Gasteiger partial charge in [0.1, 0.15) is 0 Å². The largest absolute Gasteiger partial charge is 0.372 e. The molecule has 0 fully saturated rings. The van der Waals surface area contributed by atoms with E-state index in [4.69, 9.17) is 11.6 Å². The first-order valence-corrected chi connectivity index (χ1v) is 5.66. The SMILES string of the molecule is CCCN(CCC)c1cccc(Cl)c1. The zero-order valence-electron chi connectivity index (χ0n) is 8.96. The van der Waals surface area contributed by atoms with Gasteiger partial charge in [0, 0.05) is 23.8 Å². The summed E-state index contributed by atoms with van der Waals surface area (Å²) < 4.78 is 0. The number of rotatable bonds is 5. The van der Waals surface area contributed by atoms with Crippen molar-refractivity contribution in [1.29, 1.82) is 0 Å². The van der Waals surface area contributed by atoms with E-state index >= 15 is 0 Å². The van der Waals surface area contributed by atoms with Crippen LogP contribution in [-0.2, 0) is 0 Å². The smallest absolute Gasteiger partial charge is 0.0426 e. The van der Waals surface area contributed by atoms with E-state index in [0.717, 1.165) is 18.1 Å². The molecule has 0 atom stereocenters. The predicted molar refractivity (Wildman–Crippen MR) is 64.2 cm³/mol. The van der Waals surface area contributed by atoms with E-state index in [-0.39, 0.29) is 0 Å². The summed E-state index contributed by atoms with van der Waals surface area (Å²) in [5.74, 6) is 0. The quantitative estimate of drug-likeness (QED) is 0.713. The van der Waals surface area contributed by atoms with Gasteiger partial charge >= 0.3 is 0 Å². The molecule has 0 N–H and O–H groups in total. The maximum atomic E-state index is 5.96. The van der Waals surface area contributed by atoms with E-state index in [0.29, 0.717) is 0 Å². The van der Waals surface area contributed by atoms with Crippen molar-refractivity contribution in [2.45, 2.75) is 26.7 Å². The van der Waals surface area contributed by atoms with Crippen LogP contribution in [0.5, 0.6) is 0 Å². The molecule has 0 aliphatic rings. The Kier molecular flexibility index (Phi) is 4.81. The van der Waals surface area contributed by atoms with E-state index in [1.54, 1.807) is 0 Å². The molecule has 1 rings (SSSR count). The highest BCUT2D eigenvalue weighted by atomic mass is 35.5. The molecule has 1 aromatic rings. The molecule has 0 radical (unpaired) electrons. The monoisotopic (exact) mass is 211 g/mol. The van der Waals surface area contributed by atoms with Crippen LogP contribution >= 0.6 is 11.6 Å². The zero-order chi connectivity index (χ0) is 10.4. The third kappa shape index (κ3) is 3.22. The van der Waals surface area contributed by atoms with Crippen molar-refractivity contribution in [3.8, 4) is 0 Å². The summed E-state index contributed by atoms with van der Waals surface area (Å²) in [5, 5.41) is 0.819. The van der Waals surface area contributed by atoms with Crippen molar-refractivity contribution in [3.05, 3.63) is 29.3 Å². The zero-order valence-corrected chi connectivity index (χ0v) is 9.72. The Hall–Kier alpha value is -0.690. The number of anilines is 1. The second-order valence-electron chi connectivity index (χ2n) is 3.47. The molecule has 78 valence electrons. The maximum absolute atomic E-state index is 5.96. The van der Waals surface area contributed by atoms with E-state index < -0.39 is 0 Å². The summed E-state index contributed by atoms with van der Waals surface area (Å²) in [6.07, 6.45) is 2.35. The van der Waals surface area contributed by atoms with Crippen LogP contribution in [-0.4, -0.2) is 13.1 Å². The normalized spacial score (nSPS) is 10.2. The Morgan fingerprint density at radius 2 is 1.79 bits per heavy atom. The van der Waals surface area contributed by atoms with Crippen molar-refractivity contribution in [2.75, 3.05) is 18.0 Å². The molecule has 2 heteroatoms. The Balaban J connectivity index is 2.75. The Morgan fingerprint density at radius 1 is 1.14 bits per heavy atom. The molecule has 0 saturated carbocycles. The van der Waals surface area contributed by atoms with Gasteiger partial charge in [-0.2, -0.15) is 0 Å². The third-order valence-electron chi connectivity index (χ3n) is 2.16. The molecular formula is C12H18ClN. The second kappa shape index (κ2) is 5.92.